The number of aryl methyl sites for hydroxylation is 1. The van der Waals surface area contributed by atoms with Crippen LogP contribution in [0.25, 0.3) is 5.82 Å². The minimum absolute atomic E-state index is 0.0428. The zero-order valence-corrected chi connectivity index (χ0v) is 7.88. The largest absolute Gasteiger partial charge is 0.390 e. The van der Waals surface area contributed by atoms with Crippen LogP contribution < -0.4 is 0 Å². The number of nitrogens with zero attached hydrogens (tertiary/aromatic N) is 3. The van der Waals surface area contributed by atoms with Crippen molar-refractivity contribution in [3.05, 3.63) is 42.1 Å². The summed E-state index contributed by atoms with van der Waals surface area (Å²) < 4.78 is 1.79. The van der Waals surface area contributed by atoms with Gasteiger partial charge in [0.1, 0.15) is 12.1 Å². The van der Waals surface area contributed by atoms with Crippen LogP contribution in [0.15, 0.2) is 30.7 Å². The quantitative estimate of drug-likeness (QED) is 0.768. The minimum atomic E-state index is -0.0428. The zero-order valence-electron chi connectivity index (χ0n) is 7.88. The molecule has 0 radical (unpaired) electrons. The highest BCUT2D eigenvalue weighted by molar-refractivity contribution is 5.24. The van der Waals surface area contributed by atoms with E-state index in [1.807, 2.05) is 25.1 Å². The van der Waals surface area contributed by atoms with Crippen molar-refractivity contribution < 1.29 is 5.11 Å². The molecule has 0 aromatic carbocycles. The fourth-order valence-electron chi connectivity index (χ4n) is 1.24. The fourth-order valence-corrected chi connectivity index (χ4v) is 1.24. The summed E-state index contributed by atoms with van der Waals surface area (Å²) in [5.41, 5.74) is 1.61. The molecule has 0 atom stereocenters. The van der Waals surface area contributed by atoms with Crippen molar-refractivity contribution in [2.24, 2.45) is 0 Å². The Labute approximate surface area is 81.9 Å². The van der Waals surface area contributed by atoms with E-state index in [4.69, 9.17) is 5.11 Å². The van der Waals surface area contributed by atoms with Crippen LogP contribution in [-0.4, -0.2) is 19.6 Å². The molecule has 0 fully saturated rings. The molecule has 0 spiro atoms. The minimum Gasteiger partial charge on any atom is -0.390 e. The van der Waals surface area contributed by atoms with E-state index in [2.05, 4.69) is 9.97 Å². The molecule has 0 aliphatic rings. The Balaban J connectivity index is 2.39. The van der Waals surface area contributed by atoms with Crippen molar-refractivity contribution in [2.75, 3.05) is 0 Å². The molecule has 0 aliphatic heterocycles. The summed E-state index contributed by atoms with van der Waals surface area (Å²) in [5.74, 6) is 0.817. The molecular weight excluding hydrogens is 178 g/mol. The van der Waals surface area contributed by atoms with Crippen LogP contribution in [0.3, 0.4) is 0 Å². The Morgan fingerprint density at radius 3 is 2.93 bits per heavy atom. The monoisotopic (exact) mass is 189 g/mol. The van der Waals surface area contributed by atoms with Crippen LogP contribution in [0, 0.1) is 6.92 Å². The first-order chi connectivity index (χ1) is 6.79. The number of pyridine rings is 1. The lowest BCUT2D eigenvalue weighted by atomic mass is 10.4. The van der Waals surface area contributed by atoms with Gasteiger partial charge >= 0.3 is 0 Å². The van der Waals surface area contributed by atoms with Crippen molar-refractivity contribution in [3.8, 4) is 5.82 Å². The van der Waals surface area contributed by atoms with Gasteiger partial charge in [-0.15, -0.1) is 0 Å². The molecule has 2 aromatic rings. The fraction of sp³-hybridized carbons (Fsp3) is 0.200. The summed E-state index contributed by atoms with van der Waals surface area (Å²) in [6.07, 6.45) is 3.41. The van der Waals surface area contributed by atoms with E-state index in [0.29, 0.717) is 5.69 Å². The van der Waals surface area contributed by atoms with Crippen molar-refractivity contribution in [2.45, 2.75) is 13.5 Å². The summed E-state index contributed by atoms with van der Waals surface area (Å²) in [7, 11) is 0. The summed E-state index contributed by atoms with van der Waals surface area (Å²) in [6.45, 7) is 1.90. The number of aromatic nitrogens is 3. The van der Waals surface area contributed by atoms with E-state index < -0.39 is 0 Å². The van der Waals surface area contributed by atoms with Crippen molar-refractivity contribution >= 4 is 0 Å². The third-order valence-corrected chi connectivity index (χ3v) is 1.94. The zero-order chi connectivity index (χ0) is 9.97. The third-order valence-electron chi connectivity index (χ3n) is 1.94. The van der Waals surface area contributed by atoms with Crippen LogP contribution in [0.2, 0.25) is 0 Å². The first-order valence-corrected chi connectivity index (χ1v) is 4.37. The average Bonchev–Trinajstić information content (AvgIpc) is 2.66. The maximum atomic E-state index is 8.86. The second kappa shape index (κ2) is 3.59. The second-order valence-electron chi connectivity index (χ2n) is 3.07. The van der Waals surface area contributed by atoms with Gasteiger partial charge < -0.3 is 5.11 Å². The van der Waals surface area contributed by atoms with E-state index in [1.54, 1.807) is 17.1 Å². The Morgan fingerprint density at radius 2 is 2.29 bits per heavy atom. The van der Waals surface area contributed by atoms with Crippen LogP contribution in [0.1, 0.15) is 11.4 Å². The van der Waals surface area contributed by atoms with Crippen LogP contribution in [0.4, 0.5) is 0 Å². The normalized spacial score (nSPS) is 10.4. The van der Waals surface area contributed by atoms with E-state index >= 15 is 0 Å². The van der Waals surface area contributed by atoms with E-state index in [0.717, 1.165) is 11.5 Å². The number of imidazole rings is 1. The Bertz CT molecular complexity index is 436. The lowest BCUT2D eigenvalue weighted by molar-refractivity contribution is 0.277. The maximum Gasteiger partial charge on any atom is 0.138 e. The Kier molecular flexibility index (Phi) is 2.28. The standard InChI is InChI=1S/C10H11N3O/c1-8-3-2-4-10(12-8)13-5-9(6-14)11-7-13/h2-5,7,14H,6H2,1H3. The van der Waals surface area contributed by atoms with Crippen molar-refractivity contribution in [1.29, 1.82) is 0 Å². The van der Waals surface area contributed by atoms with Gasteiger partial charge in [-0.2, -0.15) is 0 Å². The molecule has 0 saturated heterocycles. The molecule has 1 N–H and O–H groups in total. The third kappa shape index (κ3) is 1.65. The predicted molar refractivity (Wildman–Crippen MR) is 52.0 cm³/mol. The highest BCUT2D eigenvalue weighted by Crippen LogP contribution is 2.06. The number of hydrogen-bond donors (Lipinski definition) is 1. The lowest BCUT2D eigenvalue weighted by Crippen LogP contribution is -1.95. The van der Waals surface area contributed by atoms with Gasteiger partial charge in [0.15, 0.2) is 0 Å². The van der Waals surface area contributed by atoms with Gasteiger partial charge in [-0.05, 0) is 19.1 Å². The summed E-state index contributed by atoms with van der Waals surface area (Å²) in [6, 6.07) is 5.78. The summed E-state index contributed by atoms with van der Waals surface area (Å²) in [5, 5.41) is 8.86. The molecule has 4 heteroatoms. The lowest BCUT2D eigenvalue weighted by Gasteiger charge is -2.00. The van der Waals surface area contributed by atoms with E-state index in [9.17, 15) is 0 Å². The molecule has 14 heavy (non-hydrogen) atoms. The number of hydrogen-bond acceptors (Lipinski definition) is 3. The maximum absolute atomic E-state index is 8.86. The second-order valence-corrected chi connectivity index (χ2v) is 3.07. The summed E-state index contributed by atoms with van der Waals surface area (Å²) in [4.78, 5) is 8.35. The van der Waals surface area contributed by atoms with Crippen molar-refractivity contribution in [3.63, 3.8) is 0 Å². The highest BCUT2D eigenvalue weighted by Gasteiger charge is 2.00. The first kappa shape index (κ1) is 8.90. The van der Waals surface area contributed by atoms with Gasteiger partial charge in [-0.1, -0.05) is 6.07 Å². The summed E-state index contributed by atoms with van der Waals surface area (Å²) >= 11 is 0. The highest BCUT2D eigenvalue weighted by atomic mass is 16.3. The molecule has 4 nitrogen and oxygen atoms in total. The molecule has 2 heterocycles. The van der Waals surface area contributed by atoms with Gasteiger partial charge in [0, 0.05) is 11.9 Å². The van der Waals surface area contributed by atoms with Crippen molar-refractivity contribution in [1.82, 2.24) is 14.5 Å². The van der Waals surface area contributed by atoms with Gasteiger partial charge in [0.05, 0.1) is 12.3 Å². The molecule has 0 aliphatic carbocycles. The van der Waals surface area contributed by atoms with E-state index in [1.165, 1.54) is 0 Å². The molecule has 2 aromatic heterocycles. The Hall–Kier alpha value is -1.68. The predicted octanol–water partition coefficient (Wildman–Crippen LogP) is 1.07. The molecule has 0 bridgehead atoms. The van der Waals surface area contributed by atoms with Crippen LogP contribution in [-0.2, 0) is 6.61 Å². The van der Waals surface area contributed by atoms with Gasteiger partial charge in [-0.25, -0.2) is 9.97 Å². The number of rotatable bonds is 2. The molecule has 2 rings (SSSR count). The average molecular weight is 189 g/mol. The SMILES string of the molecule is Cc1cccc(-n2cnc(CO)c2)n1. The molecule has 0 amide bonds. The van der Waals surface area contributed by atoms with Crippen LogP contribution in [0.5, 0.6) is 0 Å². The number of aliphatic hydroxyl groups is 1. The van der Waals surface area contributed by atoms with Crippen LogP contribution >= 0.6 is 0 Å². The van der Waals surface area contributed by atoms with Gasteiger partial charge in [0.2, 0.25) is 0 Å². The Morgan fingerprint density at radius 1 is 1.43 bits per heavy atom. The van der Waals surface area contributed by atoms with Gasteiger partial charge in [-0.3, -0.25) is 4.57 Å². The molecular formula is C10H11N3O. The van der Waals surface area contributed by atoms with Gasteiger partial charge in [0.25, 0.3) is 0 Å². The number of aliphatic hydroxyl groups excluding tert-OH is 1. The molecule has 0 saturated carbocycles. The molecule has 72 valence electrons. The topological polar surface area (TPSA) is 50.9 Å². The smallest absolute Gasteiger partial charge is 0.138 e. The molecule has 0 unspecified atom stereocenters. The first-order valence-electron chi connectivity index (χ1n) is 4.37. The van der Waals surface area contributed by atoms with E-state index in [-0.39, 0.29) is 6.61 Å².